The van der Waals surface area contributed by atoms with Gasteiger partial charge in [0, 0.05) is 29.9 Å². The van der Waals surface area contributed by atoms with E-state index >= 15 is 0 Å². The normalized spacial score (nSPS) is 18.9. The Morgan fingerprint density at radius 1 is 1.16 bits per heavy atom. The fraction of sp³-hybridized carbons (Fsp3) is 0.407. The van der Waals surface area contributed by atoms with E-state index in [0.717, 1.165) is 51.0 Å². The molecule has 1 aliphatic carbocycles. The van der Waals surface area contributed by atoms with Crippen molar-refractivity contribution in [2.45, 2.75) is 44.4 Å². The zero-order chi connectivity index (χ0) is 21.0. The minimum atomic E-state index is -0.0596. The molecule has 3 heterocycles. The second-order valence-electron chi connectivity index (χ2n) is 8.93. The number of carbonyl (C=O) groups excluding carboxylic acids is 1. The zero-order valence-electron chi connectivity index (χ0n) is 18.0. The second kappa shape index (κ2) is 9.46. The molecular formula is C27H30N2OS. The van der Waals surface area contributed by atoms with Gasteiger partial charge in [-0.15, -0.1) is 11.3 Å². The van der Waals surface area contributed by atoms with E-state index in [1.165, 1.54) is 34.1 Å². The van der Waals surface area contributed by atoms with Gasteiger partial charge in [-0.2, -0.15) is 0 Å². The molecule has 0 radical (unpaired) electrons. The maximum Gasteiger partial charge on any atom is 0.145 e. The van der Waals surface area contributed by atoms with E-state index < -0.39 is 0 Å². The fourth-order valence-electron chi connectivity index (χ4n) is 5.17. The topological polar surface area (TPSA) is 33.2 Å². The number of hydrogen-bond donors (Lipinski definition) is 0. The lowest BCUT2D eigenvalue weighted by Gasteiger charge is -2.28. The lowest BCUT2D eigenvalue weighted by molar-refractivity contribution is -0.124. The van der Waals surface area contributed by atoms with Crippen LogP contribution in [0.25, 0.3) is 15.7 Å². The van der Waals surface area contributed by atoms with Crippen LogP contribution >= 0.6 is 11.3 Å². The van der Waals surface area contributed by atoms with E-state index in [1.54, 1.807) is 11.3 Å². The first-order valence-electron chi connectivity index (χ1n) is 11.6. The highest BCUT2D eigenvalue weighted by Gasteiger charge is 2.31. The van der Waals surface area contributed by atoms with Crippen LogP contribution in [0, 0.1) is 5.92 Å². The maximum absolute atomic E-state index is 13.3. The van der Waals surface area contributed by atoms with Gasteiger partial charge in [0.15, 0.2) is 0 Å². The summed E-state index contributed by atoms with van der Waals surface area (Å²) >= 11 is 1.80. The molecule has 1 atom stereocenters. The Labute approximate surface area is 188 Å². The number of aromatic nitrogens is 1. The minimum Gasteiger partial charge on any atom is -0.299 e. The summed E-state index contributed by atoms with van der Waals surface area (Å²) < 4.78 is 1.36. The molecule has 4 heteroatoms. The first kappa shape index (κ1) is 20.6. The summed E-state index contributed by atoms with van der Waals surface area (Å²) in [5, 5.41) is 3.51. The van der Waals surface area contributed by atoms with Gasteiger partial charge >= 0.3 is 0 Å². The molecule has 0 spiro atoms. The number of nitrogens with zero attached hydrogens (tertiary/aromatic N) is 2. The molecule has 0 bridgehead atoms. The van der Waals surface area contributed by atoms with Gasteiger partial charge in [0.25, 0.3) is 0 Å². The Hall–Kier alpha value is -2.30. The van der Waals surface area contributed by atoms with Crippen molar-refractivity contribution in [1.82, 2.24) is 9.88 Å². The number of benzene rings is 1. The van der Waals surface area contributed by atoms with Crippen LogP contribution in [0.15, 0.2) is 60.1 Å². The minimum absolute atomic E-state index is 0.0596. The summed E-state index contributed by atoms with van der Waals surface area (Å²) in [6.07, 6.45) is 10.7. The third-order valence-corrected chi connectivity index (χ3v) is 7.89. The maximum atomic E-state index is 13.3. The van der Waals surface area contributed by atoms with E-state index in [9.17, 15) is 4.79 Å². The van der Waals surface area contributed by atoms with E-state index in [1.807, 2.05) is 24.4 Å². The molecule has 5 rings (SSSR count). The number of fused-ring (bicyclic) bond motifs is 1. The summed E-state index contributed by atoms with van der Waals surface area (Å²) in [5.74, 6) is 0.607. The standard InChI is InChI=1S/C27H30N2OS/c30-27(21-5-1-2-6-21)24(25-7-3-4-14-28-25)12-17-29-15-10-20(11-16-29)22-8-9-26-23(19-22)13-18-31-26/h3-4,7-10,13-14,18-19,21,24H,1-2,5-6,11-12,15-17H2. The number of ketones is 1. The van der Waals surface area contributed by atoms with E-state index in [0.29, 0.717) is 5.78 Å². The number of Topliss-reactive ketones (excluding diaryl/α,β-unsaturated/α-hetero) is 1. The first-order valence-corrected chi connectivity index (χ1v) is 12.5. The zero-order valence-corrected chi connectivity index (χ0v) is 18.8. The van der Waals surface area contributed by atoms with E-state index in [4.69, 9.17) is 0 Å². The summed E-state index contributed by atoms with van der Waals surface area (Å²) in [6.45, 7) is 2.97. The van der Waals surface area contributed by atoms with Crippen LogP contribution in [-0.2, 0) is 4.79 Å². The molecule has 0 N–H and O–H groups in total. The predicted molar refractivity (Wildman–Crippen MR) is 129 cm³/mol. The number of carbonyl (C=O) groups is 1. The van der Waals surface area contributed by atoms with Crippen LogP contribution in [0.3, 0.4) is 0 Å². The molecule has 31 heavy (non-hydrogen) atoms. The second-order valence-corrected chi connectivity index (χ2v) is 9.88. The van der Waals surface area contributed by atoms with E-state index in [-0.39, 0.29) is 11.8 Å². The molecular weight excluding hydrogens is 400 g/mol. The number of rotatable bonds is 7. The van der Waals surface area contributed by atoms with Crippen molar-refractivity contribution in [1.29, 1.82) is 0 Å². The molecule has 0 saturated heterocycles. The third-order valence-electron chi connectivity index (χ3n) is 7.00. The van der Waals surface area contributed by atoms with Gasteiger partial charge in [-0.25, -0.2) is 0 Å². The monoisotopic (exact) mass is 430 g/mol. The van der Waals surface area contributed by atoms with Crippen LogP contribution < -0.4 is 0 Å². The summed E-state index contributed by atoms with van der Waals surface area (Å²) in [6, 6.07) is 15.0. The molecule has 1 aliphatic heterocycles. The van der Waals surface area contributed by atoms with Crippen molar-refractivity contribution in [3.63, 3.8) is 0 Å². The van der Waals surface area contributed by atoms with Gasteiger partial charge in [-0.05, 0) is 84.5 Å². The van der Waals surface area contributed by atoms with Gasteiger partial charge in [-0.1, -0.05) is 31.1 Å². The van der Waals surface area contributed by atoms with Crippen molar-refractivity contribution >= 4 is 32.8 Å². The third kappa shape index (κ3) is 4.65. The summed E-state index contributed by atoms with van der Waals surface area (Å²) in [4.78, 5) is 20.3. The van der Waals surface area contributed by atoms with Gasteiger partial charge in [0.2, 0.25) is 0 Å². The van der Waals surface area contributed by atoms with Crippen LogP contribution in [0.1, 0.15) is 55.7 Å². The summed E-state index contributed by atoms with van der Waals surface area (Å²) in [7, 11) is 0. The average Bonchev–Trinajstić information content (AvgIpc) is 3.52. The molecule has 2 aromatic heterocycles. The van der Waals surface area contributed by atoms with Crippen molar-refractivity contribution in [3.05, 3.63) is 71.4 Å². The molecule has 1 unspecified atom stereocenters. The fourth-order valence-corrected chi connectivity index (χ4v) is 5.94. The average molecular weight is 431 g/mol. The molecule has 1 aromatic carbocycles. The van der Waals surface area contributed by atoms with E-state index in [2.05, 4.69) is 45.6 Å². The predicted octanol–water partition coefficient (Wildman–Crippen LogP) is 6.32. The van der Waals surface area contributed by atoms with Crippen LogP contribution in [0.5, 0.6) is 0 Å². The smallest absolute Gasteiger partial charge is 0.145 e. The molecule has 2 aliphatic rings. The number of hydrogen-bond acceptors (Lipinski definition) is 4. The van der Waals surface area contributed by atoms with Gasteiger partial charge in [-0.3, -0.25) is 14.7 Å². The highest BCUT2D eigenvalue weighted by Crippen LogP contribution is 2.33. The summed E-state index contributed by atoms with van der Waals surface area (Å²) in [5.41, 5.74) is 3.76. The van der Waals surface area contributed by atoms with Crippen molar-refractivity contribution in [3.8, 4) is 0 Å². The Bertz CT molecular complexity index is 1070. The molecule has 1 saturated carbocycles. The highest BCUT2D eigenvalue weighted by atomic mass is 32.1. The Balaban J connectivity index is 1.24. The van der Waals surface area contributed by atoms with Crippen LogP contribution in [0.2, 0.25) is 0 Å². The van der Waals surface area contributed by atoms with Gasteiger partial charge < -0.3 is 0 Å². The Morgan fingerprint density at radius 3 is 2.84 bits per heavy atom. The molecule has 1 fully saturated rings. The lowest BCUT2D eigenvalue weighted by atomic mass is 9.86. The SMILES string of the molecule is O=C(C1CCCC1)C(CCN1CC=C(c2ccc3sccc3c2)CC1)c1ccccn1. The number of thiophene rings is 1. The van der Waals surface area contributed by atoms with Crippen LogP contribution in [0.4, 0.5) is 0 Å². The quantitative estimate of drug-likeness (QED) is 0.440. The largest absolute Gasteiger partial charge is 0.299 e. The van der Waals surface area contributed by atoms with Gasteiger partial charge in [0.1, 0.15) is 5.78 Å². The van der Waals surface area contributed by atoms with Crippen molar-refractivity contribution < 1.29 is 4.79 Å². The Morgan fingerprint density at radius 2 is 2.06 bits per heavy atom. The molecule has 3 aromatic rings. The molecule has 0 amide bonds. The molecule has 3 nitrogen and oxygen atoms in total. The van der Waals surface area contributed by atoms with Crippen molar-refractivity contribution in [2.75, 3.05) is 19.6 Å². The lowest BCUT2D eigenvalue weighted by Crippen LogP contribution is -2.32. The van der Waals surface area contributed by atoms with Crippen molar-refractivity contribution in [2.24, 2.45) is 5.92 Å². The first-order chi connectivity index (χ1) is 15.3. The molecule has 160 valence electrons. The van der Waals surface area contributed by atoms with Crippen LogP contribution in [-0.4, -0.2) is 35.3 Å². The van der Waals surface area contributed by atoms with Gasteiger partial charge in [0.05, 0.1) is 11.6 Å². The Kier molecular flexibility index (Phi) is 6.28. The number of pyridine rings is 1. The highest BCUT2D eigenvalue weighted by molar-refractivity contribution is 7.17.